The van der Waals surface area contributed by atoms with E-state index in [1.54, 1.807) is 0 Å². The average Bonchev–Trinajstić information content (AvgIpc) is 2.80. The van der Waals surface area contributed by atoms with Crippen molar-refractivity contribution in [1.29, 1.82) is 0 Å². The van der Waals surface area contributed by atoms with Gasteiger partial charge in [-0.2, -0.15) is 0 Å². The van der Waals surface area contributed by atoms with Gasteiger partial charge in [-0.15, -0.1) is 0 Å². The molecule has 4 nitrogen and oxygen atoms in total. The lowest BCUT2D eigenvalue weighted by molar-refractivity contribution is 0.0695. The predicted molar refractivity (Wildman–Crippen MR) is 68.7 cm³/mol. The molecule has 0 aromatic heterocycles. The Bertz CT molecular complexity index is 458. The number of ether oxygens (including phenoxy) is 1. The summed E-state index contributed by atoms with van der Waals surface area (Å²) in [7, 11) is 1.92. The van der Waals surface area contributed by atoms with Crippen LogP contribution < -0.4 is 0 Å². The quantitative estimate of drug-likeness (QED) is 0.888. The molecule has 0 spiro atoms. The van der Waals surface area contributed by atoms with Crippen molar-refractivity contribution < 1.29 is 19.0 Å². The number of halogens is 1. The van der Waals surface area contributed by atoms with Crippen LogP contribution in [0.4, 0.5) is 4.39 Å². The highest BCUT2D eigenvalue weighted by Gasteiger charge is 2.17. The Morgan fingerprint density at radius 2 is 2.32 bits per heavy atom. The zero-order chi connectivity index (χ0) is 13.8. The smallest absolute Gasteiger partial charge is 0.335 e. The molecule has 0 bridgehead atoms. The SMILES string of the molecule is CN(Cc1cc(F)cc(C(=O)O)c1)CC1CCCO1. The molecule has 5 heteroatoms. The molecule has 1 atom stereocenters. The van der Waals surface area contributed by atoms with Crippen molar-refractivity contribution in [3.8, 4) is 0 Å². The lowest BCUT2D eigenvalue weighted by atomic mass is 10.1. The third kappa shape index (κ3) is 4.01. The van der Waals surface area contributed by atoms with Crippen molar-refractivity contribution >= 4 is 5.97 Å². The van der Waals surface area contributed by atoms with Gasteiger partial charge in [0, 0.05) is 19.7 Å². The Morgan fingerprint density at radius 1 is 1.53 bits per heavy atom. The summed E-state index contributed by atoms with van der Waals surface area (Å²) in [6, 6.07) is 3.92. The lowest BCUT2D eigenvalue weighted by Crippen LogP contribution is -2.28. The van der Waals surface area contributed by atoms with Gasteiger partial charge in [0.2, 0.25) is 0 Å². The molecule has 19 heavy (non-hydrogen) atoms. The van der Waals surface area contributed by atoms with E-state index < -0.39 is 11.8 Å². The molecule has 1 aliphatic rings. The van der Waals surface area contributed by atoms with Crippen molar-refractivity contribution in [2.45, 2.75) is 25.5 Å². The first-order chi connectivity index (χ1) is 9.04. The number of aromatic carboxylic acids is 1. The molecular formula is C14H18FNO3. The van der Waals surface area contributed by atoms with Crippen molar-refractivity contribution in [2.75, 3.05) is 20.2 Å². The minimum atomic E-state index is -1.11. The summed E-state index contributed by atoms with van der Waals surface area (Å²) in [5.74, 6) is -1.62. The Kier molecular flexibility index (Phi) is 4.50. The van der Waals surface area contributed by atoms with E-state index >= 15 is 0 Å². The fraction of sp³-hybridized carbons (Fsp3) is 0.500. The molecule has 0 aliphatic carbocycles. The van der Waals surface area contributed by atoms with Crippen LogP contribution in [0.2, 0.25) is 0 Å². The average molecular weight is 267 g/mol. The number of carboxylic acid groups (broad SMARTS) is 1. The van der Waals surface area contributed by atoms with E-state index in [9.17, 15) is 9.18 Å². The molecule has 1 unspecified atom stereocenters. The molecule has 2 rings (SSSR count). The van der Waals surface area contributed by atoms with Gasteiger partial charge in [0.25, 0.3) is 0 Å². The minimum absolute atomic E-state index is 0.0134. The van der Waals surface area contributed by atoms with Crippen molar-refractivity contribution in [1.82, 2.24) is 4.90 Å². The molecule has 1 saturated heterocycles. The van der Waals surface area contributed by atoms with Crippen LogP contribution in [0.25, 0.3) is 0 Å². The number of hydrogen-bond donors (Lipinski definition) is 1. The lowest BCUT2D eigenvalue weighted by Gasteiger charge is -2.20. The summed E-state index contributed by atoms with van der Waals surface area (Å²) in [5.41, 5.74) is 0.651. The van der Waals surface area contributed by atoms with Gasteiger partial charge in [0.15, 0.2) is 0 Å². The van der Waals surface area contributed by atoms with Crippen LogP contribution in [0.5, 0.6) is 0 Å². The standard InChI is InChI=1S/C14H18FNO3/c1-16(9-13-3-2-4-19-13)8-10-5-11(14(17)18)7-12(15)6-10/h5-7,13H,2-4,8-9H2,1H3,(H,17,18). The number of likely N-dealkylation sites (N-methyl/N-ethyl adjacent to an activating group) is 1. The molecule has 0 radical (unpaired) electrons. The molecule has 104 valence electrons. The zero-order valence-corrected chi connectivity index (χ0v) is 10.9. The summed E-state index contributed by atoms with van der Waals surface area (Å²) in [6.07, 6.45) is 2.37. The summed E-state index contributed by atoms with van der Waals surface area (Å²) in [6.45, 7) is 2.10. The third-order valence-corrected chi connectivity index (χ3v) is 3.20. The first-order valence-corrected chi connectivity index (χ1v) is 6.37. The second-order valence-corrected chi connectivity index (χ2v) is 4.99. The second kappa shape index (κ2) is 6.12. The molecule has 0 amide bonds. The Morgan fingerprint density at radius 3 is 2.95 bits per heavy atom. The molecule has 1 aromatic carbocycles. The Labute approximate surface area is 111 Å². The zero-order valence-electron chi connectivity index (χ0n) is 10.9. The van der Waals surface area contributed by atoms with Crippen LogP contribution >= 0.6 is 0 Å². The van der Waals surface area contributed by atoms with E-state index in [0.717, 1.165) is 32.1 Å². The number of carboxylic acids is 1. The van der Waals surface area contributed by atoms with E-state index in [1.807, 2.05) is 11.9 Å². The monoisotopic (exact) mass is 267 g/mol. The third-order valence-electron chi connectivity index (χ3n) is 3.20. The van der Waals surface area contributed by atoms with Gasteiger partial charge >= 0.3 is 5.97 Å². The van der Waals surface area contributed by atoms with Gasteiger partial charge in [-0.05, 0) is 43.7 Å². The molecule has 1 N–H and O–H groups in total. The molecule has 1 fully saturated rings. The number of nitrogens with zero attached hydrogens (tertiary/aromatic N) is 1. The molecule has 1 aromatic rings. The number of carbonyl (C=O) groups is 1. The highest BCUT2D eigenvalue weighted by molar-refractivity contribution is 5.87. The van der Waals surface area contributed by atoms with Crippen LogP contribution in [0, 0.1) is 5.82 Å². The number of hydrogen-bond acceptors (Lipinski definition) is 3. The van der Waals surface area contributed by atoms with Crippen LogP contribution in [0.15, 0.2) is 18.2 Å². The van der Waals surface area contributed by atoms with Gasteiger partial charge < -0.3 is 9.84 Å². The minimum Gasteiger partial charge on any atom is -0.478 e. The van der Waals surface area contributed by atoms with Crippen LogP contribution in [-0.2, 0) is 11.3 Å². The summed E-state index contributed by atoms with van der Waals surface area (Å²) < 4.78 is 18.9. The van der Waals surface area contributed by atoms with Crippen molar-refractivity contribution in [3.63, 3.8) is 0 Å². The molecular weight excluding hydrogens is 249 g/mol. The maximum atomic E-state index is 13.3. The van der Waals surface area contributed by atoms with E-state index in [0.29, 0.717) is 12.1 Å². The molecule has 1 heterocycles. The van der Waals surface area contributed by atoms with E-state index in [1.165, 1.54) is 12.1 Å². The number of rotatable bonds is 5. The Hall–Kier alpha value is -1.46. The van der Waals surface area contributed by atoms with E-state index in [-0.39, 0.29) is 11.7 Å². The van der Waals surface area contributed by atoms with Gasteiger partial charge in [-0.3, -0.25) is 4.90 Å². The first kappa shape index (κ1) is 14.0. The van der Waals surface area contributed by atoms with Gasteiger partial charge in [-0.1, -0.05) is 0 Å². The fourth-order valence-corrected chi connectivity index (χ4v) is 2.38. The maximum absolute atomic E-state index is 13.3. The molecule has 1 aliphatic heterocycles. The molecule has 0 saturated carbocycles. The fourth-order valence-electron chi connectivity index (χ4n) is 2.38. The number of benzene rings is 1. The maximum Gasteiger partial charge on any atom is 0.335 e. The van der Waals surface area contributed by atoms with Crippen molar-refractivity contribution in [2.24, 2.45) is 0 Å². The normalized spacial score (nSPS) is 19.0. The summed E-state index contributed by atoms with van der Waals surface area (Å²) >= 11 is 0. The van der Waals surface area contributed by atoms with E-state index in [4.69, 9.17) is 9.84 Å². The van der Waals surface area contributed by atoms with Gasteiger partial charge in [0.05, 0.1) is 11.7 Å². The topological polar surface area (TPSA) is 49.8 Å². The Balaban J connectivity index is 1.99. The largest absolute Gasteiger partial charge is 0.478 e. The first-order valence-electron chi connectivity index (χ1n) is 6.37. The van der Waals surface area contributed by atoms with Crippen LogP contribution in [0.3, 0.4) is 0 Å². The van der Waals surface area contributed by atoms with Crippen LogP contribution in [0.1, 0.15) is 28.8 Å². The highest BCUT2D eigenvalue weighted by Crippen LogP contribution is 2.15. The second-order valence-electron chi connectivity index (χ2n) is 4.99. The summed E-state index contributed by atoms with van der Waals surface area (Å²) in [5, 5.41) is 8.90. The van der Waals surface area contributed by atoms with Crippen molar-refractivity contribution in [3.05, 3.63) is 35.1 Å². The van der Waals surface area contributed by atoms with Crippen LogP contribution in [-0.4, -0.2) is 42.3 Å². The predicted octanol–water partition coefficient (Wildman–Crippen LogP) is 2.13. The van der Waals surface area contributed by atoms with Gasteiger partial charge in [-0.25, -0.2) is 9.18 Å². The van der Waals surface area contributed by atoms with E-state index in [2.05, 4.69) is 0 Å². The highest BCUT2D eigenvalue weighted by atomic mass is 19.1. The van der Waals surface area contributed by atoms with Gasteiger partial charge in [0.1, 0.15) is 5.82 Å². The summed E-state index contributed by atoms with van der Waals surface area (Å²) in [4.78, 5) is 12.9.